The molecule has 0 saturated carbocycles. The summed E-state index contributed by atoms with van der Waals surface area (Å²) in [6.07, 6.45) is -1.34. The van der Waals surface area contributed by atoms with Crippen molar-refractivity contribution in [2.75, 3.05) is 19.7 Å². The molecule has 0 radical (unpaired) electrons. The molecule has 1 aliphatic heterocycles. The molecule has 0 aliphatic carbocycles. The van der Waals surface area contributed by atoms with Gasteiger partial charge in [-0.3, -0.25) is 0 Å². The minimum Gasteiger partial charge on any atom is -0.462 e. The van der Waals surface area contributed by atoms with E-state index in [1.54, 1.807) is 6.92 Å². The van der Waals surface area contributed by atoms with E-state index in [1.165, 1.54) is 6.34 Å². The average Bonchev–Trinajstić information content (AvgIpc) is 2.98. The van der Waals surface area contributed by atoms with Crippen molar-refractivity contribution in [3.63, 3.8) is 0 Å². The third-order valence-corrected chi connectivity index (χ3v) is 3.79. The van der Waals surface area contributed by atoms with E-state index in [0.29, 0.717) is 0 Å². The van der Waals surface area contributed by atoms with Crippen LogP contribution in [0.2, 0.25) is 5.02 Å². The standard InChI is InChI=1S/C15H16ClF3N2O2/c1-2-23-14(22)10-5-6-11(15(17,18)19)13(12(10)16)20-9-21-7-3-4-8-21/h5-6,9H,2-4,7-8H2,1H3. The number of rotatable bonds is 4. The number of benzene rings is 1. The summed E-state index contributed by atoms with van der Waals surface area (Å²) >= 11 is 6.00. The van der Waals surface area contributed by atoms with Crippen molar-refractivity contribution in [3.8, 4) is 0 Å². The Hall–Kier alpha value is -1.76. The Morgan fingerprint density at radius 1 is 1.39 bits per heavy atom. The van der Waals surface area contributed by atoms with E-state index in [2.05, 4.69) is 4.99 Å². The zero-order chi connectivity index (χ0) is 17.0. The molecule has 1 aromatic carbocycles. The second kappa shape index (κ2) is 7.21. The predicted octanol–water partition coefficient (Wildman–Crippen LogP) is 4.29. The summed E-state index contributed by atoms with van der Waals surface area (Å²) in [6.45, 7) is 3.17. The fraction of sp³-hybridized carbons (Fsp3) is 0.467. The third-order valence-electron chi connectivity index (χ3n) is 3.41. The minimum absolute atomic E-state index is 0.0998. The van der Waals surface area contributed by atoms with Gasteiger partial charge in [-0.25, -0.2) is 9.79 Å². The van der Waals surface area contributed by atoms with Gasteiger partial charge in [0.25, 0.3) is 0 Å². The first-order valence-corrected chi connectivity index (χ1v) is 7.57. The molecule has 1 aliphatic rings. The molecule has 8 heteroatoms. The molecule has 23 heavy (non-hydrogen) atoms. The smallest absolute Gasteiger partial charge is 0.418 e. The molecule has 0 aromatic heterocycles. The highest BCUT2D eigenvalue weighted by Crippen LogP contribution is 2.42. The van der Waals surface area contributed by atoms with Crippen molar-refractivity contribution < 1.29 is 22.7 Å². The molecule has 0 spiro atoms. The van der Waals surface area contributed by atoms with Crippen molar-refractivity contribution in [2.24, 2.45) is 4.99 Å². The number of hydrogen-bond donors (Lipinski definition) is 0. The van der Waals surface area contributed by atoms with Crippen LogP contribution in [0.25, 0.3) is 0 Å². The largest absolute Gasteiger partial charge is 0.462 e. The van der Waals surface area contributed by atoms with E-state index in [0.717, 1.165) is 38.1 Å². The quantitative estimate of drug-likeness (QED) is 0.463. The van der Waals surface area contributed by atoms with E-state index >= 15 is 0 Å². The van der Waals surface area contributed by atoms with Gasteiger partial charge in [0.1, 0.15) is 0 Å². The number of halogens is 4. The number of carbonyl (C=O) groups is 1. The Kier molecular flexibility index (Phi) is 5.51. The summed E-state index contributed by atoms with van der Waals surface area (Å²) in [7, 11) is 0. The Balaban J connectivity index is 2.45. The van der Waals surface area contributed by atoms with E-state index in [4.69, 9.17) is 16.3 Å². The number of likely N-dealkylation sites (tertiary alicyclic amines) is 1. The van der Waals surface area contributed by atoms with E-state index in [9.17, 15) is 18.0 Å². The van der Waals surface area contributed by atoms with Crippen molar-refractivity contribution in [3.05, 3.63) is 28.3 Å². The number of carbonyl (C=O) groups excluding carboxylic acids is 1. The predicted molar refractivity (Wildman–Crippen MR) is 81.4 cm³/mol. The highest BCUT2D eigenvalue weighted by atomic mass is 35.5. The highest BCUT2D eigenvalue weighted by molar-refractivity contribution is 6.36. The molecule has 0 bridgehead atoms. The fourth-order valence-corrected chi connectivity index (χ4v) is 2.57. The van der Waals surface area contributed by atoms with Gasteiger partial charge in [0.05, 0.1) is 34.8 Å². The normalized spacial score (nSPS) is 15.4. The van der Waals surface area contributed by atoms with Crippen LogP contribution in [-0.2, 0) is 10.9 Å². The lowest BCUT2D eigenvalue weighted by Gasteiger charge is -2.15. The van der Waals surface area contributed by atoms with Crippen LogP contribution in [0.4, 0.5) is 18.9 Å². The molecular weight excluding hydrogens is 333 g/mol. The van der Waals surface area contributed by atoms with Crippen LogP contribution in [0.15, 0.2) is 17.1 Å². The Labute approximate surface area is 136 Å². The summed E-state index contributed by atoms with van der Waals surface area (Å²) in [5, 5.41) is -0.353. The van der Waals surface area contributed by atoms with Gasteiger partial charge in [-0.2, -0.15) is 13.2 Å². The van der Waals surface area contributed by atoms with Gasteiger partial charge in [-0.05, 0) is 31.9 Å². The maximum atomic E-state index is 13.1. The van der Waals surface area contributed by atoms with Crippen LogP contribution in [-0.4, -0.2) is 36.9 Å². The van der Waals surface area contributed by atoms with Crippen LogP contribution in [0, 0.1) is 0 Å². The summed E-state index contributed by atoms with van der Waals surface area (Å²) in [5.41, 5.74) is -1.57. The van der Waals surface area contributed by atoms with E-state index in [1.807, 2.05) is 4.90 Å². The number of alkyl halides is 3. The van der Waals surface area contributed by atoms with Gasteiger partial charge in [0.2, 0.25) is 0 Å². The van der Waals surface area contributed by atoms with Gasteiger partial charge in [-0.1, -0.05) is 11.6 Å². The molecule has 1 aromatic rings. The molecule has 1 saturated heterocycles. The molecule has 4 nitrogen and oxygen atoms in total. The first-order valence-electron chi connectivity index (χ1n) is 7.19. The first kappa shape index (κ1) is 17.6. The summed E-state index contributed by atoms with van der Waals surface area (Å²) in [6, 6.07) is 1.81. The molecule has 0 amide bonds. The van der Waals surface area contributed by atoms with Crippen molar-refractivity contribution in [1.82, 2.24) is 4.90 Å². The van der Waals surface area contributed by atoms with Gasteiger partial charge in [0, 0.05) is 13.1 Å². The van der Waals surface area contributed by atoms with Crippen LogP contribution < -0.4 is 0 Å². The van der Waals surface area contributed by atoms with E-state index < -0.39 is 23.4 Å². The molecule has 2 rings (SSSR count). The van der Waals surface area contributed by atoms with Gasteiger partial charge >= 0.3 is 12.1 Å². The van der Waals surface area contributed by atoms with Crippen molar-refractivity contribution in [1.29, 1.82) is 0 Å². The molecule has 0 atom stereocenters. The fourth-order valence-electron chi connectivity index (χ4n) is 2.28. The molecule has 1 heterocycles. The van der Waals surface area contributed by atoms with Crippen molar-refractivity contribution >= 4 is 29.6 Å². The lowest BCUT2D eigenvalue weighted by molar-refractivity contribution is -0.137. The minimum atomic E-state index is -4.62. The second-order valence-electron chi connectivity index (χ2n) is 5.03. The Morgan fingerprint density at radius 3 is 2.61 bits per heavy atom. The zero-order valence-corrected chi connectivity index (χ0v) is 13.2. The van der Waals surface area contributed by atoms with Crippen LogP contribution >= 0.6 is 11.6 Å². The zero-order valence-electron chi connectivity index (χ0n) is 12.5. The number of esters is 1. The molecular formula is C15H16ClF3N2O2. The third kappa shape index (κ3) is 4.16. The monoisotopic (exact) mass is 348 g/mol. The lowest BCUT2D eigenvalue weighted by Crippen LogP contribution is -2.16. The number of nitrogens with zero attached hydrogens (tertiary/aromatic N) is 2. The van der Waals surface area contributed by atoms with Gasteiger partial charge in [-0.15, -0.1) is 0 Å². The SMILES string of the molecule is CCOC(=O)c1ccc(C(F)(F)F)c(N=CN2CCCC2)c1Cl. The summed E-state index contributed by atoms with van der Waals surface area (Å²) in [5.74, 6) is -0.774. The molecule has 1 fully saturated rings. The van der Waals surface area contributed by atoms with Crippen LogP contribution in [0.5, 0.6) is 0 Å². The molecule has 0 N–H and O–H groups in total. The number of ether oxygens (including phenoxy) is 1. The topological polar surface area (TPSA) is 41.9 Å². The lowest BCUT2D eigenvalue weighted by atomic mass is 10.1. The van der Waals surface area contributed by atoms with Crippen LogP contribution in [0.3, 0.4) is 0 Å². The Morgan fingerprint density at radius 2 is 2.04 bits per heavy atom. The summed E-state index contributed by atoms with van der Waals surface area (Å²) in [4.78, 5) is 17.5. The van der Waals surface area contributed by atoms with Gasteiger partial charge in [0.15, 0.2) is 0 Å². The number of aliphatic imine (C=N–C) groups is 1. The highest BCUT2D eigenvalue weighted by Gasteiger charge is 2.35. The average molecular weight is 349 g/mol. The molecule has 126 valence electrons. The van der Waals surface area contributed by atoms with Crippen molar-refractivity contribution in [2.45, 2.75) is 25.9 Å². The Bertz CT molecular complexity index is 611. The summed E-state index contributed by atoms with van der Waals surface area (Å²) < 4.78 is 44.2. The maximum Gasteiger partial charge on any atom is 0.418 e. The van der Waals surface area contributed by atoms with E-state index in [-0.39, 0.29) is 17.2 Å². The first-order chi connectivity index (χ1) is 10.8. The molecule has 0 unspecified atom stereocenters. The number of hydrogen-bond acceptors (Lipinski definition) is 3. The van der Waals surface area contributed by atoms with Crippen LogP contribution in [0.1, 0.15) is 35.7 Å². The van der Waals surface area contributed by atoms with Gasteiger partial charge < -0.3 is 9.64 Å². The maximum absolute atomic E-state index is 13.1. The second-order valence-corrected chi connectivity index (χ2v) is 5.41.